The number of benzene rings is 1. The fourth-order valence-corrected chi connectivity index (χ4v) is 2.04. The zero-order chi connectivity index (χ0) is 13.4. The van der Waals surface area contributed by atoms with Crippen molar-refractivity contribution in [3.8, 4) is 11.5 Å². The van der Waals surface area contributed by atoms with E-state index in [1.807, 2.05) is 0 Å². The molecule has 7 heteroatoms. The minimum atomic E-state index is -1.13. The summed E-state index contributed by atoms with van der Waals surface area (Å²) in [6.45, 7) is 0.444. The Bertz CT molecular complexity index is 543. The van der Waals surface area contributed by atoms with Gasteiger partial charge in [-0.15, -0.1) is 0 Å². The van der Waals surface area contributed by atoms with Gasteiger partial charge in [0, 0.05) is 19.0 Å². The van der Waals surface area contributed by atoms with Crippen molar-refractivity contribution in [2.24, 2.45) is 0 Å². The zero-order valence-corrected chi connectivity index (χ0v) is 9.87. The fraction of sp³-hybridized carbons (Fsp3) is 0.333. The van der Waals surface area contributed by atoms with E-state index in [0.29, 0.717) is 17.2 Å². The molecule has 0 bridgehead atoms. The van der Waals surface area contributed by atoms with Gasteiger partial charge >= 0.3 is 12.1 Å². The number of carboxylic acids is 1. The Hall–Kier alpha value is -2.44. The highest BCUT2D eigenvalue weighted by Gasteiger charge is 2.33. The molecule has 1 saturated heterocycles. The summed E-state index contributed by atoms with van der Waals surface area (Å²) in [5.41, 5.74) is 0.595. The van der Waals surface area contributed by atoms with Crippen molar-refractivity contribution in [1.29, 1.82) is 0 Å². The van der Waals surface area contributed by atoms with Crippen LogP contribution < -0.4 is 14.4 Å². The standard InChI is InChI=1S/C12H11NO6/c14-11(15)9-3-4-13(12(16)19-9)7-1-2-8-10(5-7)18-6-17-8/h1-2,5,9H,3-4,6H2,(H,14,15). The molecule has 7 nitrogen and oxygen atoms in total. The second kappa shape index (κ2) is 4.34. The van der Waals surface area contributed by atoms with E-state index < -0.39 is 18.2 Å². The summed E-state index contributed by atoms with van der Waals surface area (Å²) in [6, 6.07) is 5.08. The van der Waals surface area contributed by atoms with E-state index in [9.17, 15) is 9.59 Å². The van der Waals surface area contributed by atoms with Crippen LogP contribution in [0.4, 0.5) is 10.5 Å². The average molecular weight is 265 g/mol. The third-order valence-corrected chi connectivity index (χ3v) is 3.02. The number of hydrogen-bond acceptors (Lipinski definition) is 5. The SMILES string of the molecule is O=C(O)C1CCN(c2ccc3c(c2)OCO3)C(=O)O1. The quantitative estimate of drug-likeness (QED) is 0.865. The molecular weight excluding hydrogens is 254 g/mol. The molecule has 1 amide bonds. The minimum Gasteiger partial charge on any atom is -0.479 e. The van der Waals surface area contributed by atoms with E-state index in [-0.39, 0.29) is 19.8 Å². The van der Waals surface area contributed by atoms with Gasteiger partial charge < -0.3 is 19.3 Å². The summed E-state index contributed by atoms with van der Waals surface area (Å²) >= 11 is 0. The Labute approximate surface area is 108 Å². The maximum Gasteiger partial charge on any atom is 0.415 e. The number of anilines is 1. The average Bonchev–Trinajstić information content (AvgIpc) is 2.85. The highest BCUT2D eigenvalue weighted by molar-refractivity contribution is 5.91. The lowest BCUT2D eigenvalue weighted by Crippen LogP contribution is -2.44. The number of aliphatic carboxylic acids is 1. The van der Waals surface area contributed by atoms with Crippen LogP contribution in [-0.4, -0.2) is 36.6 Å². The van der Waals surface area contributed by atoms with Crippen LogP contribution in [0.2, 0.25) is 0 Å². The summed E-state index contributed by atoms with van der Waals surface area (Å²) in [5.74, 6) is 0.0573. The lowest BCUT2D eigenvalue weighted by Gasteiger charge is -2.29. The summed E-state index contributed by atoms with van der Waals surface area (Å²) in [7, 11) is 0. The number of carbonyl (C=O) groups is 2. The van der Waals surface area contributed by atoms with Gasteiger partial charge in [-0.1, -0.05) is 0 Å². The molecule has 1 atom stereocenters. The Morgan fingerprint density at radius 2 is 2.11 bits per heavy atom. The van der Waals surface area contributed by atoms with Crippen LogP contribution in [0.15, 0.2) is 18.2 Å². The van der Waals surface area contributed by atoms with Crippen LogP contribution in [0.25, 0.3) is 0 Å². The third-order valence-electron chi connectivity index (χ3n) is 3.02. The van der Waals surface area contributed by atoms with E-state index >= 15 is 0 Å². The summed E-state index contributed by atoms with van der Waals surface area (Å²) in [5, 5.41) is 8.81. The van der Waals surface area contributed by atoms with Crippen LogP contribution in [-0.2, 0) is 9.53 Å². The number of carboxylic acid groups (broad SMARTS) is 1. The molecule has 3 rings (SSSR count). The van der Waals surface area contributed by atoms with Crippen LogP contribution >= 0.6 is 0 Å². The van der Waals surface area contributed by atoms with Crippen molar-refractivity contribution < 1.29 is 28.9 Å². The molecule has 1 fully saturated rings. The number of carbonyl (C=O) groups excluding carboxylic acids is 1. The molecule has 1 N–H and O–H groups in total. The van der Waals surface area contributed by atoms with E-state index in [0.717, 1.165) is 0 Å². The van der Waals surface area contributed by atoms with Gasteiger partial charge in [0.05, 0.1) is 5.69 Å². The smallest absolute Gasteiger partial charge is 0.415 e. The molecule has 2 heterocycles. The van der Waals surface area contributed by atoms with Crippen molar-refractivity contribution in [2.45, 2.75) is 12.5 Å². The number of fused-ring (bicyclic) bond motifs is 1. The molecule has 2 aliphatic heterocycles. The van der Waals surface area contributed by atoms with Crippen LogP contribution in [0.1, 0.15) is 6.42 Å². The summed E-state index contributed by atoms with van der Waals surface area (Å²) in [4.78, 5) is 23.9. The van der Waals surface area contributed by atoms with Gasteiger partial charge in [0.2, 0.25) is 12.9 Å². The molecule has 2 aliphatic rings. The normalized spacial score (nSPS) is 21.2. The monoisotopic (exact) mass is 265 g/mol. The molecule has 0 aliphatic carbocycles. The van der Waals surface area contributed by atoms with Gasteiger partial charge in [0.15, 0.2) is 11.5 Å². The van der Waals surface area contributed by atoms with Crippen molar-refractivity contribution >= 4 is 17.7 Å². The Balaban J connectivity index is 1.80. The molecule has 1 aromatic carbocycles. The number of hydrogen-bond donors (Lipinski definition) is 1. The maximum atomic E-state index is 11.8. The van der Waals surface area contributed by atoms with Crippen LogP contribution in [0.3, 0.4) is 0 Å². The molecule has 0 aromatic heterocycles. The lowest BCUT2D eigenvalue weighted by molar-refractivity contribution is -0.147. The van der Waals surface area contributed by atoms with Crippen molar-refractivity contribution in [3.63, 3.8) is 0 Å². The predicted molar refractivity (Wildman–Crippen MR) is 62.4 cm³/mol. The van der Waals surface area contributed by atoms with E-state index in [4.69, 9.17) is 19.3 Å². The van der Waals surface area contributed by atoms with Gasteiger partial charge in [-0.2, -0.15) is 0 Å². The van der Waals surface area contributed by atoms with Crippen molar-refractivity contribution in [2.75, 3.05) is 18.2 Å². The second-order valence-electron chi connectivity index (χ2n) is 4.19. The molecular formula is C12H11NO6. The van der Waals surface area contributed by atoms with Gasteiger partial charge in [-0.05, 0) is 12.1 Å². The molecule has 0 spiro atoms. The van der Waals surface area contributed by atoms with Crippen LogP contribution in [0, 0.1) is 0 Å². The number of cyclic esters (lactones) is 1. The Kier molecular flexibility index (Phi) is 2.66. The summed E-state index contributed by atoms with van der Waals surface area (Å²) in [6.07, 6.45) is -1.49. The fourth-order valence-electron chi connectivity index (χ4n) is 2.04. The van der Waals surface area contributed by atoms with E-state index in [1.54, 1.807) is 18.2 Å². The number of rotatable bonds is 2. The van der Waals surface area contributed by atoms with Crippen LogP contribution in [0.5, 0.6) is 11.5 Å². The predicted octanol–water partition coefficient (Wildman–Crippen LogP) is 1.22. The van der Waals surface area contributed by atoms with Crippen molar-refractivity contribution in [3.05, 3.63) is 18.2 Å². The number of amides is 1. The number of nitrogens with zero attached hydrogens (tertiary/aromatic N) is 1. The first-order valence-corrected chi connectivity index (χ1v) is 5.76. The van der Waals surface area contributed by atoms with Crippen molar-refractivity contribution in [1.82, 2.24) is 0 Å². The highest BCUT2D eigenvalue weighted by atomic mass is 16.7. The first-order chi connectivity index (χ1) is 9.15. The lowest BCUT2D eigenvalue weighted by atomic mass is 10.2. The van der Waals surface area contributed by atoms with Gasteiger partial charge in [0.1, 0.15) is 0 Å². The molecule has 19 heavy (non-hydrogen) atoms. The largest absolute Gasteiger partial charge is 0.479 e. The molecule has 1 unspecified atom stereocenters. The first-order valence-electron chi connectivity index (χ1n) is 5.76. The Morgan fingerprint density at radius 1 is 1.32 bits per heavy atom. The van der Waals surface area contributed by atoms with E-state index in [1.165, 1.54) is 4.90 Å². The number of ether oxygens (including phenoxy) is 3. The maximum absolute atomic E-state index is 11.8. The second-order valence-corrected chi connectivity index (χ2v) is 4.19. The molecule has 0 radical (unpaired) electrons. The Morgan fingerprint density at radius 3 is 2.84 bits per heavy atom. The summed E-state index contributed by atoms with van der Waals surface area (Å²) < 4.78 is 15.3. The molecule has 100 valence electrons. The molecule has 0 saturated carbocycles. The third kappa shape index (κ3) is 2.03. The van der Waals surface area contributed by atoms with Gasteiger partial charge in [0.25, 0.3) is 0 Å². The zero-order valence-electron chi connectivity index (χ0n) is 9.87. The van der Waals surface area contributed by atoms with E-state index in [2.05, 4.69) is 0 Å². The molecule has 1 aromatic rings. The highest BCUT2D eigenvalue weighted by Crippen LogP contribution is 2.36. The van der Waals surface area contributed by atoms with Gasteiger partial charge in [-0.25, -0.2) is 9.59 Å². The first kappa shape index (κ1) is 11.6. The van der Waals surface area contributed by atoms with Gasteiger partial charge in [-0.3, -0.25) is 4.90 Å². The topological polar surface area (TPSA) is 85.3 Å². The minimum absolute atomic E-state index is 0.157.